The van der Waals surface area contributed by atoms with Gasteiger partial charge < -0.3 is 0 Å². The second-order valence-electron chi connectivity index (χ2n) is 5.52. The van der Waals surface area contributed by atoms with Crippen LogP contribution in [0.1, 0.15) is 71.1 Å². The van der Waals surface area contributed by atoms with Crippen molar-refractivity contribution in [1.29, 1.82) is 0 Å². The summed E-state index contributed by atoms with van der Waals surface area (Å²) in [4.78, 5) is 10.7. The Balaban J connectivity index is 3.38. The van der Waals surface area contributed by atoms with Gasteiger partial charge in [-0.3, -0.25) is 4.79 Å². The molecular formula is C19H29F3O. The summed E-state index contributed by atoms with van der Waals surface area (Å²) in [6.45, 7) is 2.12. The molecular weight excluding hydrogens is 301 g/mol. The van der Waals surface area contributed by atoms with Crippen LogP contribution in [0.15, 0.2) is 36.5 Å². The molecule has 0 aromatic carbocycles. The van der Waals surface area contributed by atoms with Crippen LogP contribution >= 0.6 is 0 Å². The minimum absolute atomic E-state index is 0.339. The first-order valence-corrected chi connectivity index (χ1v) is 8.53. The monoisotopic (exact) mass is 330 g/mol. The number of ketones is 1. The van der Waals surface area contributed by atoms with Crippen molar-refractivity contribution < 1.29 is 18.0 Å². The first kappa shape index (κ1) is 21.7. The van der Waals surface area contributed by atoms with Crippen molar-refractivity contribution in [2.24, 2.45) is 0 Å². The summed E-state index contributed by atoms with van der Waals surface area (Å²) in [5.41, 5.74) is 0. The number of hydrogen-bond acceptors (Lipinski definition) is 1. The molecule has 0 aromatic heterocycles. The summed E-state index contributed by atoms with van der Waals surface area (Å²) >= 11 is 0. The van der Waals surface area contributed by atoms with E-state index in [1.807, 2.05) is 0 Å². The van der Waals surface area contributed by atoms with Gasteiger partial charge in [-0.1, -0.05) is 62.6 Å². The van der Waals surface area contributed by atoms with E-state index in [-0.39, 0.29) is 6.42 Å². The van der Waals surface area contributed by atoms with E-state index in [1.54, 1.807) is 0 Å². The summed E-state index contributed by atoms with van der Waals surface area (Å²) in [7, 11) is 0. The third-order valence-corrected chi connectivity index (χ3v) is 3.37. The van der Waals surface area contributed by atoms with E-state index in [0.29, 0.717) is 12.8 Å². The molecule has 0 amide bonds. The van der Waals surface area contributed by atoms with Gasteiger partial charge in [0.1, 0.15) is 0 Å². The molecule has 4 heteroatoms. The molecule has 0 aliphatic heterocycles. The number of halogens is 3. The molecule has 0 heterocycles. The lowest BCUT2D eigenvalue weighted by molar-refractivity contribution is -0.171. The highest BCUT2D eigenvalue weighted by atomic mass is 19.4. The Morgan fingerprint density at radius 1 is 0.783 bits per heavy atom. The van der Waals surface area contributed by atoms with Crippen molar-refractivity contribution in [3.05, 3.63) is 36.5 Å². The maximum absolute atomic E-state index is 12.0. The number of alkyl halides is 3. The Labute approximate surface area is 138 Å². The number of unbranched alkanes of at least 4 members (excludes halogenated alkanes) is 5. The van der Waals surface area contributed by atoms with Gasteiger partial charge in [-0.05, 0) is 38.5 Å². The molecule has 132 valence electrons. The van der Waals surface area contributed by atoms with Crippen LogP contribution in [-0.2, 0) is 4.79 Å². The summed E-state index contributed by atoms with van der Waals surface area (Å²) in [6, 6.07) is 0. The molecule has 0 spiro atoms. The molecule has 0 aliphatic rings. The van der Waals surface area contributed by atoms with Gasteiger partial charge in [-0.15, -0.1) is 0 Å². The summed E-state index contributed by atoms with van der Waals surface area (Å²) in [5, 5.41) is 0. The standard InChI is InChI=1S/C19H29F3O/c1-2-3-4-5-6-7-8-9-10-11-12-13-14-15-16-17-18(23)19(20,21)22/h3-4,6-7,9-10H,2,5,8,11-17H2,1H3/b4-3-,7-6-,10-9-. The first-order chi connectivity index (χ1) is 11.0. The van der Waals surface area contributed by atoms with Crippen LogP contribution in [0.25, 0.3) is 0 Å². The highest BCUT2D eigenvalue weighted by Gasteiger charge is 2.36. The Morgan fingerprint density at radius 2 is 1.30 bits per heavy atom. The lowest BCUT2D eigenvalue weighted by Gasteiger charge is -2.04. The fraction of sp³-hybridized carbons (Fsp3) is 0.632. The number of rotatable bonds is 13. The largest absolute Gasteiger partial charge is 0.449 e. The number of Topliss-reactive ketones (excluding diaryl/α,β-unsaturated/α-hetero) is 1. The zero-order valence-electron chi connectivity index (χ0n) is 14.1. The molecule has 0 rings (SSSR count). The second-order valence-corrected chi connectivity index (χ2v) is 5.52. The van der Waals surface area contributed by atoms with E-state index in [9.17, 15) is 18.0 Å². The molecule has 1 nitrogen and oxygen atoms in total. The average molecular weight is 330 g/mol. The van der Waals surface area contributed by atoms with Gasteiger partial charge in [0.2, 0.25) is 5.78 Å². The van der Waals surface area contributed by atoms with E-state index in [2.05, 4.69) is 43.4 Å². The predicted octanol–water partition coefficient (Wildman–Crippen LogP) is 6.71. The van der Waals surface area contributed by atoms with Crippen molar-refractivity contribution in [2.75, 3.05) is 0 Å². The summed E-state index contributed by atoms with van der Waals surface area (Å²) in [5.74, 6) is -1.60. The minimum Gasteiger partial charge on any atom is -0.290 e. The summed E-state index contributed by atoms with van der Waals surface area (Å²) in [6.07, 6.45) is 15.8. The number of carbonyl (C=O) groups excluding carboxylic acids is 1. The molecule has 23 heavy (non-hydrogen) atoms. The predicted molar refractivity (Wildman–Crippen MR) is 90.3 cm³/mol. The van der Waals surface area contributed by atoms with Crippen molar-refractivity contribution in [3.8, 4) is 0 Å². The smallest absolute Gasteiger partial charge is 0.290 e. The van der Waals surface area contributed by atoms with Gasteiger partial charge in [0.05, 0.1) is 0 Å². The van der Waals surface area contributed by atoms with E-state index in [0.717, 1.165) is 44.9 Å². The van der Waals surface area contributed by atoms with Gasteiger partial charge in [-0.25, -0.2) is 0 Å². The van der Waals surface area contributed by atoms with Crippen LogP contribution in [-0.4, -0.2) is 12.0 Å². The third-order valence-electron chi connectivity index (χ3n) is 3.37. The Kier molecular flexibility index (Phi) is 13.5. The van der Waals surface area contributed by atoms with Crippen molar-refractivity contribution in [2.45, 2.75) is 77.3 Å². The molecule has 0 N–H and O–H groups in total. The maximum Gasteiger partial charge on any atom is 0.449 e. The van der Waals surface area contributed by atoms with E-state index in [1.165, 1.54) is 0 Å². The van der Waals surface area contributed by atoms with Gasteiger partial charge in [0.25, 0.3) is 0 Å². The van der Waals surface area contributed by atoms with E-state index in [4.69, 9.17) is 0 Å². The number of hydrogen-bond donors (Lipinski definition) is 0. The van der Waals surface area contributed by atoms with Crippen molar-refractivity contribution in [3.63, 3.8) is 0 Å². The van der Waals surface area contributed by atoms with E-state index < -0.39 is 12.0 Å². The highest BCUT2D eigenvalue weighted by molar-refractivity contribution is 5.83. The molecule has 0 radical (unpaired) electrons. The van der Waals surface area contributed by atoms with Crippen LogP contribution in [0, 0.1) is 0 Å². The summed E-state index contributed by atoms with van der Waals surface area (Å²) < 4.78 is 35.9. The van der Waals surface area contributed by atoms with Gasteiger partial charge >= 0.3 is 6.18 Å². The topological polar surface area (TPSA) is 17.1 Å². The Bertz CT molecular complexity index is 379. The molecule has 0 aromatic rings. The van der Waals surface area contributed by atoms with Gasteiger partial charge in [-0.2, -0.15) is 13.2 Å². The normalized spacial score (nSPS) is 12.9. The zero-order valence-corrected chi connectivity index (χ0v) is 14.1. The number of carbonyl (C=O) groups is 1. The molecule has 0 unspecified atom stereocenters. The third kappa shape index (κ3) is 15.4. The molecule has 0 saturated heterocycles. The minimum atomic E-state index is -4.66. The fourth-order valence-electron chi connectivity index (χ4n) is 2.05. The molecule has 0 atom stereocenters. The fourth-order valence-corrected chi connectivity index (χ4v) is 2.05. The molecule has 0 fully saturated rings. The number of allylic oxidation sites excluding steroid dienone is 6. The average Bonchev–Trinajstić information content (AvgIpc) is 2.50. The van der Waals surface area contributed by atoms with E-state index >= 15 is 0 Å². The first-order valence-electron chi connectivity index (χ1n) is 8.53. The van der Waals surface area contributed by atoms with Gasteiger partial charge in [0.15, 0.2) is 0 Å². The van der Waals surface area contributed by atoms with Crippen LogP contribution in [0.5, 0.6) is 0 Å². The maximum atomic E-state index is 12.0. The van der Waals surface area contributed by atoms with Crippen LogP contribution in [0.4, 0.5) is 13.2 Å². The molecule has 0 bridgehead atoms. The van der Waals surface area contributed by atoms with Crippen molar-refractivity contribution >= 4 is 5.78 Å². The SMILES string of the molecule is CC/C=C\C/C=C\C/C=C\CCCCCCCC(=O)C(F)(F)F. The Morgan fingerprint density at radius 3 is 1.91 bits per heavy atom. The highest BCUT2D eigenvalue weighted by Crippen LogP contribution is 2.19. The quantitative estimate of drug-likeness (QED) is 0.271. The van der Waals surface area contributed by atoms with Crippen LogP contribution in [0.2, 0.25) is 0 Å². The van der Waals surface area contributed by atoms with Gasteiger partial charge in [0, 0.05) is 6.42 Å². The zero-order chi connectivity index (χ0) is 17.4. The van der Waals surface area contributed by atoms with Crippen LogP contribution < -0.4 is 0 Å². The molecule has 0 saturated carbocycles. The lowest BCUT2D eigenvalue weighted by atomic mass is 10.1. The molecule has 0 aliphatic carbocycles. The van der Waals surface area contributed by atoms with Crippen LogP contribution in [0.3, 0.4) is 0 Å². The Hall–Kier alpha value is -1.32. The lowest BCUT2D eigenvalue weighted by Crippen LogP contribution is -2.22. The van der Waals surface area contributed by atoms with Crippen molar-refractivity contribution in [1.82, 2.24) is 0 Å². The second kappa shape index (κ2) is 14.3.